The molecule has 7 N–H and O–H groups in total. The first-order chi connectivity index (χ1) is 14.4. The van der Waals surface area contributed by atoms with E-state index in [1.54, 1.807) is 0 Å². The van der Waals surface area contributed by atoms with Gasteiger partial charge in [0.25, 0.3) is 0 Å². The second-order valence-electron chi connectivity index (χ2n) is 7.69. The third kappa shape index (κ3) is 10.2. The summed E-state index contributed by atoms with van der Waals surface area (Å²) in [4.78, 5) is 2.06. The van der Waals surface area contributed by atoms with Crippen LogP contribution in [-0.4, -0.2) is 94.2 Å². The van der Waals surface area contributed by atoms with Crippen molar-refractivity contribution < 1.29 is 30.3 Å². The van der Waals surface area contributed by atoms with E-state index in [1.165, 1.54) is 0 Å². The molecule has 0 radical (unpaired) electrons. The molecule has 0 aliphatic heterocycles. The molecule has 0 amide bonds. The average Bonchev–Trinajstić information content (AvgIpc) is 2.77. The predicted molar refractivity (Wildman–Crippen MR) is 116 cm³/mol. The van der Waals surface area contributed by atoms with Gasteiger partial charge in [0.2, 0.25) is 0 Å². The highest BCUT2D eigenvalue weighted by Crippen LogP contribution is 2.14. The number of unbranched alkanes of at least 4 members (excludes halogenated alkanes) is 3. The summed E-state index contributed by atoms with van der Waals surface area (Å²) in [6, 6.07) is 7.80. The molecular weight excluding hydrogens is 388 g/mol. The molecule has 0 saturated carbocycles. The van der Waals surface area contributed by atoms with Crippen molar-refractivity contribution in [3.63, 3.8) is 0 Å². The molecule has 0 bridgehead atoms. The molecule has 8 nitrogen and oxygen atoms in total. The molecule has 1 aromatic carbocycles. The van der Waals surface area contributed by atoms with Gasteiger partial charge in [-0.25, -0.2) is 0 Å². The standard InChI is InChI=1S/C22H40N2O6/c1-2-3-4-5-12-24(15-19(26)21(28)22(29)20(27)16-25)13-10-17-6-8-18(9-7-17)30-14-11-23/h6-9,19-22,25-29H,2-5,10-16,23H2,1H3/t19-,20+,21+,22+/m0/s1. The fraction of sp³-hybridized carbons (Fsp3) is 0.727. The minimum absolute atomic E-state index is 0.167. The first-order valence-electron chi connectivity index (χ1n) is 10.9. The molecule has 0 fully saturated rings. The minimum Gasteiger partial charge on any atom is -0.492 e. The maximum absolute atomic E-state index is 10.4. The molecule has 0 aromatic heterocycles. The monoisotopic (exact) mass is 428 g/mol. The van der Waals surface area contributed by atoms with E-state index >= 15 is 0 Å². The lowest BCUT2D eigenvalue weighted by molar-refractivity contribution is -0.119. The van der Waals surface area contributed by atoms with Gasteiger partial charge in [0.05, 0.1) is 12.7 Å². The third-order valence-electron chi connectivity index (χ3n) is 5.13. The van der Waals surface area contributed by atoms with Crippen LogP contribution in [0.2, 0.25) is 0 Å². The van der Waals surface area contributed by atoms with Crippen molar-refractivity contribution in [3.8, 4) is 5.75 Å². The number of hydrogen-bond donors (Lipinski definition) is 6. The van der Waals surface area contributed by atoms with Gasteiger partial charge in [-0.15, -0.1) is 0 Å². The van der Waals surface area contributed by atoms with Crippen molar-refractivity contribution in [1.29, 1.82) is 0 Å². The molecule has 8 heteroatoms. The van der Waals surface area contributed by atoms with Crippen LogP contribution >= 0.6 is 0 Å². The van der Waals surface area contributed by atoms with Gasteiger partial charge in [-0.2, -0.15) is 0 Å². The quantitative estimate of drug-likeness (QED) is 0.189. The van der Waals surface area contributed by atoms with Gasteiger partial charge >= 0.3 is 0 Å². The molecule has 174 valence electrons. The van der Waals surface area contributed by atoms with Gasteiger partial charge in [0.1, 0.15) is 30.7 Å². The Kier molecular flexibility index (Phi) is 13.9. The van der Waals surface area contributed by atoms with Crippen LogP contribution in [0.1, 0.15) is 38.2 Å². The van der Waals surface area contributed by atoms with Crippen LogP contribution in [0.5, 0.6) is 5.75 Å². The highest BCUT2D eigenvalue weighted by atomic mass is 16.5. The Hall–Kier alpha value is -1.26. The lowest BCUT2D eigenvalue weighted by Crippen LogP contribution is -2.50. The zero-order valence-corrected chi connectivity index (χ0v) is 18.1. The van der Waals surface area contributed by atoms with Gasteiger partial charge in [0.15, 0.2) is 0 Å². The molecule has 30 heavy (non-hydrogen) atoms. The molecule has 0 spiro atoms. The van der Waals surface area contributed by atoms with E-state index in [-0.39, 0.29) is 6.54 Å². The second-order valence-corrected chi connectivity index (χ2v) is 7.69. The van der Waals surface area contributed by atoms with Crippen molar-refractivity contribution >= 4 is 0 Å². The Morgan fingerprint density at radius 2 is 1.60 bits per heavy atom. The smallest absolute Gasteiger partial charge is 0.119 e. The minimum atomic E-state index is -1.60. The van der Waals surface area contributed by atoms with E-state index in [0.717, 1.165) is 50.0 Å². The lowest BCUT2D eigenvalue weighted by atomic mass is 10.0. The van der Waals surface area contributed by atoms with E-state index in [1.807, 2.05) is 24.3 Å². The van der Waals surface area contributed by atoms with Crippen LogP contribution in [0.4, 0.5) is 0 Å². The largest absolute Gasteiger partial charge is 0.492 e. The van der Waals surface area contributed by atoms with Crippen LogP contribution < -0.4 is 10.5 Å². The van der Waals surface area contributed by atoms with Gasteiger partial charge in [-0.05, 0) is 37.1 Å². The zero-order chi connectivity index (χ0) is 22.4. The van der Waals surface area contributed by atoms with Crippen molar-refractivity contribution in [1.82, 2.24) is 4.90 Å². The van der Waals surface area contributed by atoms with Gasteiger partial charge in [0, 0.05) is 19.6 Å². The van der Waals surface area contributed by atoms with Crippen LogP contribution in [0.3, 0.4) is 0 Å². The van der Waals surface area contributed by atoms with Crippen LogP contribution in [0, 0.1) is 0 Å². The number of nitrogens with zero attached hydrogens (tertiary/aromatic N) is 1. The van der Waals surface area contributed by atoms with Crippen molar-refractivity contribution in [2.75, 3.05) is 39.4 Å². The lowest BCUT2D eigenvalue weighted by Gasteiger charge is -2.30. The molecule has 0 aliphatic rings. The molecule has 0 heterocycles. The summed E-state index contributed by atoms with van der Waals surface area (Å²) in [7, 11) is 0. The zero-order valence-electron chi connectivity index (χ0n) is 18.1. The number of aliphatic hydroxyl groups is 5. The average molecular weight is 429 g/mol. The van der Waals surface area contributed by atoms with Gasteiger partial charge < -0.3 is 40.9 Å². The Labute approximate surface area is 179 Å². The van der Waals surface area contributed by atoms with E-state index in [2.05, 4.69) is 11.8 Å². The number of ether oxygens (including phenoxy) is 1. The Morgan fingerprint density at radius 3 is 2.20 bits per heavy atom. The summed E-state index contributed by atoms with van der Waals surface area (Å²) in [5.41, 5.74) is 6.56. The fourth-order valence-electron chi connectivity index (χ4n) is 3.21. The summed E-state index contributed by atoms with van der Waals surface area (Å²) in [6.45, 7) is 4.01. The maximum Gasteiger partial charge on any atom is 0.119 e. The SMILES string of the molecule is CCCCCCN(CCc1ccc(OCCN)cc1)C[C@H](O)[C@@H](O)[C@H](O)[C@H](O)CO. The fourth-order valence-corrected chi connectivity index (χ4v) is 3.21. The Bertz CT molecular complexity index is 545. The van der Waals surface area contributed by atoms with E-state index < -0.39 is 31.0 Å². The number of benzene rings is 1. The van der Waals surface area contributed by atoms with E-state index in [9.17, 15) is 20.4 Å². The molecule has 4 atom stereocenters. The number of hydrogen-bond acceptors (Lipinski definition) is 8. The van der Waals surface area contributed by atoms with Crippen LogP contribution in [0.25, 0.3) is 0 Å². The first-order valence-corrected chi connectivity index (χ1v) is 10.9. The summed E-state index contributed by atoms with van der Waals surface area (Å²) in [5.74, 6) is 0.774. The molecule has 0 unspecified atom stereocenters. The van der Waals surface area contributed by atoms with Gasteiger partial charge in [-0.3, -0.25) is 0 Å². The van der Waals surface area contributed by atoms with Crippen LogP contribution in [-0.2, 0) is 6.42 Å². The maximum atomic E-state index is 10.4. The molecule has 1 aromatic rings. The predicted octanol–water partition coefficient (Wildman–Crippen LogP) is -0.115. The van der Waals surface area contributed by atoms with E-state index in [0.29, 0.717) is 19.7 Å². The molecule has 1 rings (SSSR count). The first kappa shape index (κ1) is 26.8. The molecule has 0 saturated heterocycles. The normalized spacial score (nSPS) is 15.7. The summed E-state index contributed by atoms with van der Waals surface area (Å²) in [6.07, 6.45) is -0.773. The Morgan fingerprint density at radius 1 is 0.933 bits per heavy atom. The highest BCUT2D eigenvalue weighted by Gasteiger charge is 2.30. The topological polar surface area (TPSA) is 140 Å². The highest BCUT2D eigenvalue weighted by molar-refractivity contribution is 5.27. The van der Waals surface area contributed by atoms with E-state index in [4.69, 9.17) is 15.6 Å². The summed E-state index contributed by atoms with van der Waals surface area (Å²) in [5, 5.41) is 48.8. The van der Waals surface area contributed by atoms with Gasteiger partial charge in [-0.1, -0.05) is 38.3 Å². The summed E-state index contributed by atoms with van der Waals surface area (Å²) >= 11 is 0. The third-order valence-corrected chi connectivity index (χ3v) is 5.13. The second kappa shape index (κ2) is 15.5. The molecule has 0 aliphatic carbocycles. The number of nitrogens with two attached hydrogens (primary N) is 1. The summed E-state index contributed by atoms with van der Waals surface area (Å²) < 4.78 is 5.48. The number of aliphatic hydroxyl groups excluding tert-OH is 5. The van der Waals surface area contributed by atoms with Crippen molar-refractivity contribution in [2.24, 2.45) is 5.73 Å². The Balaban J connectivity index is 2.63. The van der Waals surface area contributed by atoms with Crippen molar-refractivity contribution in [3.05, 3.63) is 29.8 Å². The van der Waals surface area contributed by atoms with Crippen molar-refractivity contribution in [2.45, 2.75) is 63.4 Å². The van der Waals surface area contributed by atoms with Crippen LogP contribution in [0.15, 0.2) is 24.3 Å². The number of rotatable bonds is 17. The molecular formula is C22H40N2O6.